The fraction of sp³-hybridized carbons (Fsp3) is 0. The normalized spacial score (nSPS) is 11.5. The molecule has 0 spiro atoms. The molecule has 29 rings (SSSR count). The van der Waals surface area contributed by atoms with Gasteiger partial charge in [-0.25, -0.2) is 0 Å². The van der Waals surface area contributed by atoms with Gasteiger partial charge in [-0.3, -0.25) is 0 Å². The van der Waals surface area contributed by atoms with Crippen LogP contribution < -0.4 is 14.7 Å². The van der Waals surface area contributed by atoms with E-state index in [1.165, 1.54) is 138 Å². The van der Waals surface area contributed by atoms with Crippen molar-refractivity contribution in [3.8, 4) is 83.6 Å². The van der Waals surface area contributed by atoms with Crippen molar-refractivity contribution in [2.75, 3.05) is 14.7 Å². The molecule has 0 bridgehead atoms. The van der Waals surface area contributed by atoms with Crippen LogP contribution in [0.2, 0.25) is 0 Å². The predicted octanol–water partition coefficient (Wildman–Crippen LogP) is 41.1. The number of thiophene rings is 3. The van der Waals surface area contributed by atoms with Crippen LogP contribution in [0.25, 0.3) is 210 Å². The van der Waals surface area contributed by atoms with Crippen LogP contribution in [-0.2, 0) is 0 Å². The van der Waals surface area contributed by atoms with E-state index in [1.807, 2.05) is 46.1 Å². The molecular formula is C138H90N4O2S3. The Morgan fingerprint density at radius 2 is 0.469 bits per heavy atom. The summed E-state index contributed by atoms with van der Waals surface area (Å²) in [7, 11) is 0. The minimum absolute atomic E-state index is 0.886. The van der Waals surface area contributed by atoms with Crippen LogP contribution in [0.15, 0.2) is 555 Å². The number of benzene rings is 23. The Bertz CT molecular complexity index is 9520. The highest BCUT2D eigenvalue weighted by atomic mass is 32.1. The number of aromatic nitrogens is 1. The van der Waals surface area contributed by atoms with Crippen LogP contribution >= 0.6 is 34.0 Å². The van der Waals surface area contributed by atoms with Gasteiger partial charge in [0, 0.05) is 178 Å². The lowest BCUT2D eigenvalue weighted by Gasteiger charge is -2.26. The molecule has 6 heterocycles. The van der Waals surface area contributed by atoms with Gasteiger partial charge >= 0.3 is 0 Å². The lowest BCUT2D eigenvalue weighted by atomic mass is 9.95. The zero-order chi connectivity index (χ0) is 97.2. The topological polar surface area (TPSA) is 40.9 Å². The van der Waals surface area contributed by atoms with Gasteiger partial charge in [0.1, 0.15) is 22.3 Å². The van der Waals surface area contributed by atoms with Gasteiger partial charge in [-0.1, -0.05) is 358 Å². The van der Waals surface area contributed by atoms with Crippen LogP contribution in [0.1, 0.15) is 0 Å². The zero-order valence-corrected chi connectivity index (χ0v) is 82.2. The van der Waals surface area contributed by atoms with Crippen LogP contribution in [0.3, 0.4) is 0 Å². The van der Waals surface area contributed by atoms with Crippen molar-refractivity contribution in [2.45, 2.75) is 0 Å². The van der Waals surface area contributed by atoms with Gasteiger partial charge in [0.05, 0.1) is 11.0 Å². The molecule has 0 atom stereocenters. The summed E-state index contributed by atoms with van der Waals surface area (Å²) in [6.07, 6.45) is 0. The number of furan rings is 2. The van der Waals surface area contributed by atoms with Gasteiger partial charge in [0.25, 0.3) is 0 Å². The number of para-hydroxylation sites is 9. The lowest BCUT2D eigenvalue weighted by Crippen LogP contribution is -2.09. The maximum atomic E-state index is 6.64. The van der Waals surface area contributed by atoms with E-state index in [-0.39, 0.29) is 0 Å². The Morgan fingerprint density at radius 3 is 0.932 bits per heavy atom. The minimum atomic E-state index is 0.886. The third-order valence-corrected chi connectivity index (χ3v) is 32.2. The summed E-state index contributed by atoms with van der Waals surface area (Å²) in [6, 6.07) is 196. The Labute approximate surface area is 862 Å². The molecule has 9 heteroatoms. The summed E-state index contributed by atoms with van der Waals surface area (Å²) in [5.74, 6) is 0. The highest BCUT2D eigenvalue weighted by Crippen LogP contribution is 2.53. The first kappa shape index (κ1) is 87.5. The molecule has 0 saturated carbocycles. The van der Waals surface area contributed by atoms with Crippen molar-refractivity contribution < 1.29 is 8.83 Å². The van der Waals surface area contributed by atoms with E-state index in [2.05, 4.69) is 553 Å². The van der Waals surface area contributed by atoms with Gasteiger partial charge in [-0.05, 0) is 238 Å². The molecule has 6 aromatic heterocycles. The molecule has 0 N–H and O–H groups in total. The van der Waals surface area contributed by atoms with Gasteiger partial charge in [-0.2, -0.15) is 0 Å². The first-order chi connectivity index (χ1) is 72.9. The zero-order valence-electron chi connectivity index (χ0n) is 79.8. The molecule has 0 amide bonds. The molecule has 6 nitrogen and oxygen atoms in total. The van der Waals surface area contributed by atoms with E-state index in [9.17, 15) is 0 Å². The molecule has 147 heavy (non-hydrogen) atoms. The summed E-state index contributed by atoms with van der Waals surface area (Å²) in [4.78, 5) is 6.98. The molecule has 0 radical (unpaired) electrons. The molecular weight excluding hydrogens is 1840 g/mol. The second-order valence-electron chi connectivity index (χ2n) is 37.2. The van der Waals surface area contributed by atoms with Crippen LogP contribution in [-0.4, -0.2) is 4.57 Å². The molecule has 23 aromatic carbocycles. The van der Waals surface area contributed by atoms with Gasteiger partial charge in [0.2, 0.25) is 0 Å². The molecule has 0 unspecified atom stereocenters. The number of nitrogens with zero attached hydrogens (tertiary/aromatic N) is 4. The molecule has 0 fully saturated rings. The van der Waals surface area contributed by atoms with Gasteiger partial charge < -0.3 is 28.1 Å². The van der Waals surface area contributed by atoms with Crippen molar-refractivity contribution in [2.24, 2.45) is 0 Å². The Balaban J connectivity index is 0.000000109. The summed E-state index contributed by atoms with van der Waals surface area (Å²) in [6.45, 7) is 0. The number of hydrogen-bond donors (Lipinski definition) is 0. The number of fused-ring (bicyclic) bond motifs is 18. The van der Waals surface area contributed by atoms with Crippen molar-refractivity contribution >= 4 is 211 Å². The van der Waals surface area contributed by atoms with Crippen molar-refractivity contribution in [1.29, 1.82) is 0 Å². The van der Waals surface area contributed by atoms with Crippen molar-refractivity contribution in [3.63, 3.8) is 0 Å². The number of anilines is 9. The van der Waals surface area contributed by atoms with E-state index >= 15 is 0 Å². The Kier molecular flexibility index (Phi) is 22.5. The maximum Gasteiger partial charge on any atom is 0.143 e. The quantitative estimate of drug-likeness (QED) is 0.0909. The Hall–Kier alpha value is -18.5. The highest BCUT2D eigenvalue weighted by molar-refractivity contribution is 7.27. The summed E-state index contributed by atoms with van der Waals surface area (Å²) >= 11 is 5.66. The average molecular weight is 1930 g/mol. The van der Waals surface area contributed by atoms with E-state index < -0.39 is 0 Å². The average Bonchev–Trinajstić information content (AvgIpc) is 1.58. The van der Waals surface area contributed by atoms with Crippen molar-refractivity contribution in [1.82, 2.24) is 4.57 Å². The second kappa shape index (κ2) is 37.8. The fourth-order valence-electron chi connectivity index (χ4n) is 21.6. The van der Waals surface area contributed by atoms with E-state index in [1.54, 1.807) is 0 Å². The fourth-order valence-corrected chi connectivity index (χ4v) is 25.2. The number of hydrogen-bond acceptors (Lipinski definition) is 8. The highest BCUT2D eigenvalue weighted by Gasteiger charge is 2.27. The largest absolute Gasteiger partial charge is 0.455 e. The molecule has 0 aliphatic heterocycles. The summed E-state index contributed by atoms with van der Waals surface area (Å²) in [5, 5.41) is 14.8. The van der Waals surface area contributed by atoms with Gasteiger partial charge in [0.15, 0.2) is 0 Å². The maximum absolute atomic E-state index is 6.64. The third kappa shape index (κ3) is 16.2. The van der Waals surface area contributed by atoms with Crippen LogP contribution in [0.5, 0.6) is 0 Å². The summed E-state index contributed by atoms with van der Waals surface area (Å²) in [5.41, 5.74) is 33.8. The first-order valence-electron chi connectivity index (χ1n) is 49.8. The lowest BCUT2D eigenvalue weighted by molar-refractivity contribution is 0.669. The van der Waals surface area contributed by atoms with Crippen molar-refractivity contribution in [3.05, 3.63) is 546 Å². The second-order valence-corrected chi connectivity index (χ2v) is 40.4. The standard InChI is InChI=1S/C48H31NOS.C48H31NS2.C42H28N2O/c2*1-3-12-32(13-4-1)33-22-26-37(27-23-33)49(36-14-5-2-6-15-36)38-28-24-34(25-29-38)35-30-43-40-17-8-10-21-46(40)51-48(43)44(31-35)42-19-11-18-41-39-16-7-9-20-45(39)50-47(41)42;1-4-14-30(15-5-1)43(31-16-6-2-7-17-31)33-27-37(42-38(28-33)36-21-11-13-23-41(36)45-42)29-24-25-35-34-20-10-12-22-39(34)44(40(35)26-29)32-18-8-3-9-19-32/h2*1-31H;1-28H. The van der Waals surface area contributed by atoms with Crippen LogP contribution in [0.4, 0.5) is 51.2 Å². The molecule has 692 valence electrons. The van der Waals surface area contributed by atoms with E-state index in [0.29, 0.717) is 0 Å². The van der Waals surface area contributed by atoms with E-state index in [0.717, 1.165) is 123 Å². The molecule has 0 saturated heterocycles. The predicted molar refractivity (Wildman–Crippen MR) is 629 cm³/mol. The first-order valence-corrected chi connectivity index (χ1v) is 52.2. The van der Waals surface area contributed by atoms with E-state index in [4.69, 9.17) is 8.83 Å². The number of rotatable bonds is 17. The third-order valence-electron chi connectivity index (χ3n) is 28.5. The Morgan fingerprint density at radius 1 is 0.156 bits per heavy atom. The SMILES string of the molecule is c1ccc(-c2ccc(N(c3ccccc3)c3ccc(-c4cc(-c5cccc6c5oc5ccccc56)c5sc6ccccc6c5c4)cc3)cc2)cc1.c1ccc(-c2ccc(N(c3ccccc3)c3ccc(-c4cc(-c5cccc6c5sc5ccccc56)c5sc6ccccc6c5c4)cc3)cc2)cc1.c1ccc(N(c2ccccc2)c2cc(-c3ccc4c5ccccc5n(-c5ccccc5)c4c3)c3oc4ccccc4c3c2)cc1. The smallest absolute Gasteiger partial charge is 0.143 e. The van der Waals surface area contributed by atoms with Crippen LogP contribution in [0, 0.1) is 0 Å². The summed E-state index contributed by atoms with van der Waals surface area (Å²) < 4.78 is 23.5. The minimum Gasteiger partial charge on any atom is -0.455 e. The molecule has 0 aliphatic carbocycles. The van der Waals surface area contributed by atoms with Gasteiger partial charge in [-0.15, -0.1) is 34.0 Å². The molecule has 29 aromatic rings. The molecule has 0 aliphatic rings. The monoisotopic (exact) mass is 1930 g/mol.